The summed E-state index contributed by atoms with van der Waals surface area (Å²) in [6, 6.07) is 3.79. The van der Waals surface area contributed by atoms with Crippen LogP contribution in [-0.2, 0) is 0 Å². The van der Waals surface area contributed by atoms with Gasteiger partial charge in [0, 0.05) is 11.1 Å². The largest absolute Gasteiger partial charge is 0.486 e. The molecule has 20 heavy (non-hydrogen) atoms. The van der Waals surface area contributed by atoms with Crippen molar-refractivity contribution in [3.05, 3.63) is 22.7 Å². The summed E-state index contributed by atoms with van der Waals surface area (Å²) in [7, 11) is 0. The Bertz CT molecular complexity index is 470. The number of hydrogen-bond donors (Lipinski definition) is 0. The Morgan fingerprint density at radius 2 is 1.70 bits per heavy atom. The van der Waals surface area contributed by atoms with Crippen molar-refractivity contribution >= 4 is 23.2 Å². The Labute approximate surface area is 130 Å². The first-order valence-corrected chi connectivity index (χ1v) is 8.28. The zero-order chi connectivity index (χ0) is 13.9. The van der Waals surface area contributed by atoms with Gasteiger partial charge in [0.25, 0.3) is 0 Å². The van der Waals surface area contributed by atoms with E-state index in [0.29, 0.717) is 18.2 Å². The third kappa shape index (κ3) is 3.17. The number of fused-ring (bicyclic) bond motifs is 1. The van der Waals surface area contributed by atoms with Crippen LogP contribution in [0.25, 0.3) is 0 Å². The number of rotatable bonds is 3. The number of hydrogen-bond acceptors (Lipinski definition) is 2. The Hall–Kier alpha value is -0.600. The second-order valence-corrected chi connectivity index (χ2v) is 6.66. The zero-order valence-electron chi connectivity index (χ0n) is 11.5. The summed E-state index contributed by atoms with van der Waals surface area (Å²) in [5, 5.41) is 0.645. The molecule has 1 aromatic carbocycles. The average Bonchev–Trinajstić information content (AvgIpc) is 2.47. The molecule has 0 spiro atoms. The summed E-state index contributed by atoms with van der Waals surface area (Å²) in [5.41, 5.74) is 0.975. The molecule has 2 nitrogen and oxygen atoms in total. The van der Waals surface area contributed by atoms with Crippen LogP contribution >= 0.6 is 23.2 Å². The predicted molar refractivity (Wildman–Crippen MR) is 82.2 cm³/mol. The molecule has 1 aliphatic heterocycles. The molecule has 1 unspecified atom stereocenters. The first-order chi connectivity index (χ1) is 9.74. The lowest BCUT2D eigenvalue weighted by atomic mass is 9.85. The second-order valence-electron chi connectivity index (χ2n) is 5.72. The van der Waals surface area contributed by atoms with Gasteiger partial charge in [-0.2, -0.15) is 0 Å². The van der Waals surface area contributed by atoms with Gasteiger partial charge in [-0.3, -0.25) is 0 Å². The van der Waals surface area contributed by atoms with Crippen molar-refractivity contribution < 1.29 is 9.47 Å². The average molecular weight is 315 g/mol. The van der Waals surface area contributed by atoms with Gasteiger partial charge in [0.15, 0.2) is 11.5 Å². The molecular weight excluding hydrogens is 295 g/mol. The van der Waals surface area contributed by atoms with Gasteiger partial charge < -0.3 is 9.47 Å². The molecule has 0 saturated heterocycles. The first-order valence-electron chi connectivity index (χ1n) is 7.47. The summed E-state index contributed by atoms with van der Waals surface area (Å²) in [5.74, 6) is 2.23. The normalized spacial score (nSPS) is 20.7. The lowest BCUT2D eigenvalue weighted by Crippen LogP contribution is -2.16. The van der Waals surface area contributed by atoms with Crippen LogP contribution in [0.3, 0.4) is 0 Å². The maximum absolute atomic E-state index is 6.61. The molecule has 3 rings (SSSR count). The van der Waals surface area contributed by atoms with Crippen molar-refractivity contribution in [3.63, 3.8) is 0 Å². The van der Waals surface area contributed by atoms with Gasteiger partial charge in [0.05, 0.1) is 5.38 Å². The Morgan fingerprint density at radius 3 is 2.40 bits per heavy atom. The Kier molecular flexibility index (Phi) is 4.62. The summed E-state index contributed by atoms with van der Waals surface area (Å²) in [4.78, 5) is 0. The summed E-state index contributed by atoms with van der Waals surface area (Å²) in [6.45, 7) is 1.17. The van der Waals surface area contributed by atoms with E-state index < -0.39 is 0 Å². The molecule has 2 aliphatic rings. The molecular formula is C16H20Cl2O2. The monoisotopic (exact) mass is 314 g/mol. The van der Waals surface area contributed by atoms with Crippen LogP contribution in [0.4, 0.5) is 0 Å². The molecule has 110 valence electrons. The van der Waals surface area contributed by atoms with Crippen molar-refractivity contribution in [1.29, 1.82) is 0 Å². The van der Waals surface area contributed by atoms with Crippen molar-refractivity contribution in [2.45, 2.75) is 43.9 Å². The van der Waals surface area contributed by atoms with Crippen LogP contribution in [0.15, 0.2) is 12.1 Å². The number of alkyl halides is 1. The number of ether oxygens (including phenoxy) is 2. The molecule has 1 aromatic rings. The zero-order valence-corrected chi connectivity index (χ0v) is 13.1. The van der Waals surface area contributed by atoms with E-state index in [1.165, 1.54) is 32.1 Å². The minimum atomic E-state index is -0.0403. The van der Waals surface area contributed by atoms with Crippen molar-refractivity contribution in [2.75, 3.05) is 13.2 Å². The smallest absolute Gasteiger partial charge is 0.162 e. The minimum absolute atomic E-state index is 0.0403. The highest BCUT2D eigenvalue weighted by molar-refractivity contribution is 6.33. The van der Waals surface area contributed by atoms with Crippen molar-refractivity contribution in [2.24, 2.45) is 5.92 Å². The highest BCUT2D eigenvalue weighted by Crippen LogP contribution is 2.42. The van der Waals surface area contributed by atoms with E-state index in [9.17, 15) is 0 Å². The van der Waals surface area contributed by atoms with E-state index >= 15 is 0 Å². The van der Waals surface area contributed by atoms with Crippen LogP contribution in [0.2, 0.25) is 5.02 Å². The molecule has 0 N–H and O–H groups in total. The molecule has 1 saturated carbocycles. The van der Waals surface area contributed by atoms with Crippen LogP contribution in [0.1, 0.15) is 49.5 Å². The van der Waals surface area contributed by atoms with Crippen LogP contribution in [0.5, 0.6) is 11.5 Å². The molecule has 1 aliphatic carbocycles. The van der Waals surface area contributed by atoms with Gasteiger partial charge >= 0.3 is 0 Å². The van der Waals surface area contributed by atoms with E-state index in [0.717, 1.165) is 29.4 Å². The maximum atomic E-state index is 6.61. The maximum Gasteiger partial charge on any atom is 0.162 e. The van der Waals surface area contributed by atoms with E-state index in [-0.39, 0.29) is 5.38 Å². The quantitative estimate of drug-likeness (QED) is 0.699. The SMILES string of the molecule is Clc1cc2c(cc1C(Cl)CC1CCCCC1)OCCO2. The highest BCUT2D eigenvalue weighted by atomic mass is 35.5. The molecule has 0 aromatic heterocycles. The lowest BCUT2D eigenvalue weighted by Gasteiger charge is -2.25. The first kappa shape index (κ1) is 14.3. The number of halogens is 2. The van der Waals surface area contributed by atoms with E-state index in [1.54, 1.807) is 0 Å². The molecule has 0 amide bonds. The van der Waals surface area contributed by atoms with Crippen LogP contribution in [0, 0.1) is 5.92 Å². The Morgan fingerprint density at radius 1 is 1.05 bits per heavy atom. The fraction of sp³-hybridized carbons (Fsp3) is 0.625. The summed E-state index contributed by atoms with van der Waals surface area (Å²) < 4.78 is 11.2. The van der Waals surface area contributed by atoms with Crippen molar-refractivity contribution in [3.8, 4) is 11.5 Å². The van der Waals surface area contributed by atoms with Gasteiger partial charge in [-0.1, -0.05) is 43.7 Å². The highest BCUT2D eigenvalue weighted by Gasteiger charge is 2.23. The van der Waals surface area contributed by atoms with Gasteiger partial charge in [0.1, 0.15) is 13.2 Å². The summed E-state index contributed by atoms with van der Waals surface area (Å²) in [6.07, 6.45) is 7.64. The third-order valence-electron chi connectivity index (χ3n) is 4.26. The topological polar surface area (TPSA) is 18.5 Å². The van der Waals surface area contributed by atoms with Gasteiger partial charge in [-0.15, -0.1) is 11.6 Å². The van der Waals surface area contributed by atoms with Gasteiger partial charge in [-0.25, -0.2) is 0 Å². The van der Waals surface area contributed by atoms with Crippen molar-refractivity contribution in [1.82, 2.24) is 0 Å². The minimum Gasteiger partial charge on any atom is -0.486 e. The van der Waals surface area contributed by atoms with Crippen LogP contribution in [-0.4, -0.2) is 13.2 Å². The second kappa shape index (κ2) is 6.44. The molecule has 1 fully saturated rings. The molecule has 0 radical (unpaired) electrons. The standard InChI is InChI=1S/C16H20Cl2O2/c17-13(8-11-4-2-1-3-5-11)12-9-15-16(10-14(12)18)20-7-6-19-15/h9-11,13H,1-8H2. The van der Waals surface area contributed by atoms with Gasteiger partial charge in [-0.05, 0) is 24.0 Å². The lowest BCUT2D eigenvalue weighted by molar-refractivity contribution is 0.171. The third-order valence-corrected chi connectivity index (χ3v) is 5.00. The van der Waals surface area contributed by atoms with Crippen LogP contribution < -0.4 is 9.47 Å². The number of benzene rings is 1. The fourth-order valence-electron chi connectivity index (χ4n) is 3.16. The van der Waals surface area contributed by atoms with E-state index in [2.05, 4.69) is 0 Å². The van der Waals surface area contributed by atoms with E-state index in [1.807, 2.05) is 12.1 Å². The van der Waals surface area contributed by atoms with E-state index in [4.69, 9.17) is 32.7 Å². The molecule has 1 atom stereocenters. The summed E-state index contributed by atoms with van der Waals surface area (Å²) >= 11 is 13.0. The molecule has 4 heteroatoms. The fourth-order valence-corrected chi connectivity index (χ4v) is 3.94. The predicted octanol–water partition coefficient (Wildman–Crippen LogP) is 5.36. The molecule has 0 bridgehead atoms. The molecule has 1 heterocycles. The Balaban J connectivity index is 1.74. The van der Waals surface area contributed by atoms with Gasteiger partial charge in [0.2, 0.25) is 0 Å².